The second kappa shape index (κ2) is 10.3. The fourth-order valence-electron chi connectivity index (χ4n) is 2.54. The summed E-state index contributed by atoms with van der Waals surface area (Å²) < 4.78 is 45.8. The molecule has 2 aromatic rings. The first-order valence-electron chi connectivity index (χ1n) is 8.68. The number of nitrogens with one attached hydrogen (secondary N) is 1. The van der Waals surface area contributed by atoms with Crippen LogP contribution in [0, 0.1) is 0 Å². The lowest BCUT2D eigenvalue weighted by atomic mass is 10.1. The molecule has 0 fully saturated rings. The number of nitrogens with two attached hydrogens (primary N) is 1. The number of carbonyl (C=O) groups excluding carboxylic acids is 2. The van der Waals surface area contributed by atoms with Crippen LogP contribution in [0.3, 0.4) is 0 Å². The number of esters is 1. The van der Waals surface area contributed by atoms with Gasteiger partial charge in [0.05, 0.1) is 24.5 Å². The van der Waals surface area contributed by atoms with E-state index in [1.54, 1.807) is 0 Å². The molecule has 0 radical (unpaired) electrons. The number of alkyl halides is 3. The Hall–Kier alpha value is -2.59. The standard InChI is InChI=1S/C18H21F3N4O3.ClH/c1-3-5-14(22)16(26)24-11-6-8-12(9-7-11)25-15(18(19,20)21)13(10-23-25)17(27)28-4-2;/h6-10,14H,3-5,22H2,1-2H3,(H,24,26);1H. The molecule has 0 bridgehead atoms. The van der Waals surface area contributed by atoms with Crippen molar-refractivity contribution in [2.45, 2.75) is 38.9 Å². The number of amides is 1. The van der Waals surface area contributed by atoms with Gasteiger partial charge in [-0.1, -0.05) is 13.3 Å². The third kappa shape index (κ3) is 5.94. The van der Waals surface area contributed by atoms with Crippen LogP contribution >= 0.6 is 12.4 Å². The van der Waals surface area contributed by atoms with Crippen LogP contribution in [-0.4, -0.2) is 34.3 Å². The molecule has 11 heteroatoms. The van der Waals surface area contributed by atoms with Gasteiger partial charge in [-0.25, -0.2) is 9.48 Å². The number of anilines is 1. The van der Waals surface area contributed by atoms with Crippen molar-refractivity contribution >= 4 is 30.0 Å². The molecule has 0 saturated heterocycles. The zero-order chi connectivity index (χ0) is 20.9. The predicted molar refractivity (Wildman–Crippen MR) is 103 cm³/mol. The summed E-state index contributed by atoms with van der Waals surface area (Å²) >= 11 is 0. The molecule has 7 nitrogen and oxygen atoms in total. The Morgan fingerprint density at radius 3 is 2.38 bits per heavy atom. The molecule has 1 aromatic carbocycles. The van der Waals surface area contributed by atoms with Crippen molar-refractivity contribution in [1.29, 1.82) is 0 Å². The molecule has 160 valence electrons. The molecule has 1 atom stereocenters. The van der Waals surface area contributed by atoms with Crippen LogP contribution in [0.15, 0.2) is 30.5 Å². The minimum Gasteiger partial charge on any atom is -0.462 e. The molecule has 1 heterocycles. The van der Waals surface area contributed by atoms with Crippen LogP contribution in [0.5, 0.6) is 0 Å². The number of rotatable bonds is 7. The molecule has 2 rings (SSSR count). The van der Waals surface area contributed by atoms with Crippen molar-refractivity contribution in [3.05, 3.63) is 41.7 Å². The Morgan fingerprint density at radius 1 is 1.24 bits per heavy atom. The highest BCUT2D eigenvalue weighted by molar-refractivity contribution is 5.94. The fraction of sp³-hybridized carbons (Fsp3) is 0.389. The summed E-state index contributed by atoms with van der Waals surface area (Å²) in [5.41, 5.74) is 4.28. The van der Waals surface area contributed by atoms with Gasteiger partial charge in [-0.05, 0) is 37.6 Å². The predicted octanol–water partition coefficient (Wildman–Crippen LogP) is 3.56. The molecule has 0 aliphatic rings. The molecule has 1 unspecified atom stereocenters. The molecule has 0 aliphatic carbocycles. The summed E-state index contributed by atoms with van der Waals surface area (Å²) in [5.74, 6) is -1.48. The highest BCUT2D eigenvalue weighted by Gasteiger charge is 2.41. The topological polar surface area (TPSA) is 99.2 Å². The van der Waals surface area contributed by atoms with E-state index in [0.717, 1.165) is 12.6 Å². The van der Waals surface area contributed by atoms with E-state index in [0.29, 0.717) is 16.8 Å². The Balaban J connectivity index is 0.00000420. The molecular weight excluding hydrogens is 413 g/mol. The van der Waals surface area contributed by atoms with Gasteiger partial charge in [0, 0.05) is 5.69 Å². The van der Waals surface area contributed by atoms with E-state index in [4.69, 9.17) is 5.73 Å². The molecule has 0 saturated carbocycles. The molecule has 29 heavy (non-hydrogen) atoms. The van der Waals surface area contributed by atoms with Crippen LogP contribution in [0.1, 0.15) is 42.7 Å². The van der Waals surface area contributed by atoms with E-state index in [1.807, 2.05) is 6.92 Å². The second-order valence-electron chi connectivity index (χ2n) is 5.97. The molecule has 0 aliphatic heterocycles. The number of ether oxygens (including phenoxy) is 1. The van der Waals surface area contributed by atoms with Crippen molar-refractivity contribution in [2.24, 2.45) is 5.73 Å². The number of nitrogens with zero attached hydrogens (tertiary/aromatic N) is 2. The van der Waals surface area contributed by atoms with Gasteiger partial charge >= 0.3 is 12.1 Å². The maximum absolute atomic E-state index is 13.5. The first-order valence-corrected chi connectivity index (χ1v) is 8.68. The van der Waals surface area contributed by atoms with Crippen LogP contribution in [0.25, 0.3) is 5.69 Å². The summed E-state index contributed by atoms with van der Waals surface area (Å²) in [5, 5.41) is 6.29. The normalized spacial score (nSPS) is 12.1. The quantitative estimate of drug-likeness (QED) is 0.649. The lowest BCUT2D eigenvalue weighted by molar-refractivity contribution is -0.143. The van der Waals surface area contributed by atoms with Crippen molar-refractivity contribution in [3.8, 4) is 5.69 Å². The monoisotopic (exact) mass is 434 g/mol. The van der Waals surface area contributed by atoms with Gasteiger partial charge in [-0.15, -0.1) is 12.4 Å². The molecule has 0 spiro atoms. The average Bonchev–Trinajstić information content (AvgIpc) is 3.08. The number of carbonyl (C=O) groups is 2. The van der Waals surface area contributed by atoms with Crippen LogP contribution in [0.4, 0.5) is 18.9 Å². The summed E-state index contributed by atoms with van der Waals surface area (Å²) in [7, 11) is 0. The maximum atomic E-state index is 13.5. The third-order valence-corrected chi connectivity index (χ3v) is 3.85. The lowest BCUT2D eigenvalue weighted by Crippen LogP contribution is -2.35. The van der Waals surface area contributed by atoms with Gasteiger partial charge in [0.2, 0.25) is 5.91 Å². The van der Waals surface area contributed by atoms with E-state index in [-0.39, 0.29) is 30.6 Å². The molecule has 3 N–H and O–H groups in total. The highest BCUT2D eigenvalue weighted by atomic mass is 35.5. The summed E-state index contributed by atoms with van der Waals surface area (Å²) in [6.07, 6.45) is -2.74. The van der Waals surface area contributed by atoms with Crippen LogP contribution in [-0.2, 0) is 15.7 Å². The summed E-state index contributed by atoms with van der Waals surface area (Å²) in [4.78, 5) is 23.7. The Morgan fingerprint density at radius 2 is 1.86 bits per heavy atom. The number of aromatic nitrogens is 2. The molecule has 1 amide bonds. The number of hydrogen-bond donors (Lipinski definition) is 2. The first kappa shape index (κ1) is 24.4. The maximum Gasteiger partial charge on any atom is 0.434 e. The SMILES string of the molecule is CCCC(N)C(=O)Nc1ccc(-n2ncc(C(=O)OCC)c2C(F)(F)F)cc1.Cl. The zero-order valence-electron chi connectivity index (χ0n) is 15.8. The van der Waals surface area contributed by atoms with Gasteiger partial charge in [0.25, 0.3) is 0 Å². The van der Waals surface area contributed by atoms with E-state index >= 15 is 0 Å². The summed E-state index contributed by atoms with van der Waals surface area (Å²) in [6.45, 7) is 3.33. The van der Waals surface area contributed by atoms with Crippen molar-refractivity contribution in [2.75, 3.05) is 11.9 Å². The molecule has 1 aromatic heterocycles. The second-order valence-corrected chi connectivity index (χ2v) is 5.97. The Labute approximate surface area is 171 Å². The third-order valence-electron chi connectivity index (χ3n) is 3.85. The average molecular weight is 435 g/mol. The van der Waals surface area contributed by atoms with Crippen LogP contribution in [0.2, 0.25) is 0 Å². The van der Waals surface area contributed by atoms with Gasteiger partial charge in [-0.2, -0.15) is 18.3 Å². The van der Waals surface area contributed by atoms with Gasteiger partial charge in [0.1, 0.15) is 5.56 Å². The summed E-state index contributed by atoms with van der Waals surface area (Å²) in [6, 6.07) is 4.88. The lowest BCUT2D eigenvalue weighted by Gasteiger charge is -2.14. The van der Waals surface area contributed by atoms with Crippen molar-refractivity contribution in [1.82, 2.24) is 9.78 Å². The Kier molecular flexibility index (Phi) is 8.65. The van der Waals surface area contributed by atoms with Gasteiger partial charge in [-0.3, -0.25) is 4.79 Å². The minimum atomic E-state index is -4.82. The van der Waals surface area contributed by atoms with Crippen molar-refractivity contribution in [3.63, 3.8) is 0 Å². The van der Waals surface area contributed by atoms with E-state index in [2.05, 4.69) is 15.2 Å². The van der Waals surface area contributed by atoms with E-state index < -0.39 is 29.4 Å². The zero-order valence-corrected chi connectivity index (χ0v) is 16.6. The van der Waals surface area contributed by atoms with Crippen LogP contribution < -0.4 is 11.1 Å². The van der Waals surface area contributed by atoms with E-state index in [9.17, 15) is 22.8 Å². The number of benzene rings is 1. The number of hydrogen-bond acceptors (Lipinski definition) is 5. The highest BCUT2D eigenvalue weighted by Crippen LogP contribution is 2.34. The van der Waals surface area contributed by atoms with Gasteiger partial charge in [0.15, 0.2) is 5.69 Å². The first-order chi connectivity index (χ1) is 13.2. The minimum absolute atomic E-state index is 0. The largest absolute Gasteiger partial charge is 0.462 e. The number of halogens is 4. The Bertz CT molecular complexity index is 838. The fourth-order valence-corrected chi connectivity index (χ4v) is 2.54. The van der Waals surface area contributed by atoms with E-state index in [1.165, 1.54) is 31.2 Å². The smallest absolute Gasteiger partial charge is 0.434 e. The molecular formula is C18H22ClF3N4O3. The van der Waals surface area contributed by atoms with Gasteiger partial charge < -0.3 is 15.8 Å². The van der Waals surface area contributed by atoms with Crippen molar-refractivity contribution < 1.29 is 27.5 Å².